The molecule has 0 spiro atoms. The molecular weight excluding hydrogens is 246 g/mol. The number of halogens is 2. The van der Waals surface area contributed by atoms with Crippen LogP contribution in [0.1, 0.15) is 19.4 Å². The summed E-state index contributed by atoms with van der Waals surface area (Å²) in [5.41, 5.74) is -1.20. The van der Waals surface area contributed by atoms with Crippen LogP contribution in [0.4, 0.5) is 8.78 Å². The van der Waals surface area contributed by atoms with Gasteiger partial charge in [-0.15, -0.1) is 8.78 Å². The lowest BCUT2D eigenvalue weighted by atomic mass is 9.84. The van der Waals surface area contributed by atoms with E-state index in [9.17, 15) is 19.0 Å². The van der Waals surface area contributed by atoms with Crippen LogP contribution < -0.4 is 9.47 Å². The van der Waals surface area contributed by atoms with Gasteiger partial charge in [-0.3, -0.25) is 0 Å². The third-order valence-corrected chi connectivity index (χ3v) is 3.10. The predicted octanol–water partition coefficient (Wildman–Crippen LogP) is 1.84. The molecule has 6 heteroatoms. The number of fused-ring (bicyclic) bond motifs is 1. The maximum absolute atomic E-state index is 12.8. The van der Waals surface area contributed by atoms with E-state index in [0.29, 0.717) is 5.56 Å². The Labute approximate surface area is 103 Å². The van der Waals surface area contributed by atoms with Crippen molar-refractivity contribution in [1.82, 2.24) is 0 Å². The molecule has 100 valence electrons. The van der Waals surface area contributed by atoms with Crippen molar-refractivity contribution in [3.63, 3.8) is 0 Å². The largest absolute Gasteiger partial charge is 0.586 e. The zero-order chi connectivity index (χ0) is 13.6. The Morgan fingerprint density at radius 3 is 2.44 bits per heavy atom. The van der Waals surface area contributed by atoms with Crippen LogP contribution in [0.5, 0.6) is 11.5 Å². The summed E-state index contributed by atoms with van der Waals surface area (Å²) in [7, 11) is 0. The summed E-state index contributed by atoms with van der Waals surface area (Å²) in [5.74, 6) is -0.527. The lowest BCUT2D eigenvalue weighted by molar-refractivity contribution is -0.286. The predicted molar refractivity (Wildman–Crippen MR) is 58.5 cm³/mol. The lowest BCUT2D eigenvalue weighted by Gasteiger charge is -2.30. The summed E-state index contributed by atoms with van der Waals surface area (Å²) in [6.45, 7) is 2.92. The summed E-state index contributed by atoms with van der Waals surface area (Å²) < 4.78 is 34.3. The molecule has 1 aliphatic rings. The Morgan fingerprint density at radius 2 is 1.89 bits per heavy atom. The van der Waals surface area contributed by atoms with Gasteiger partial charge in [0.05, 0.1) is 6.61 Å². The van der Waals surface area contributed by atoms with Crippen molar-refractivity contribution in [2.45, 2.75) is 25.7 Å². The number of benzene rings is 1. The number of aliphatic hydroxyl groups is 2. The molecule has 0 fully saturated rings. The Hall–Kier alpha value is -1.40. The quantitative estimate of drug-likeness (QED) is 0.870. The van der Waals surface area contributed by atoms with Crippen molar-refractivity contribution in [2.24, 2.45) is 5.92 Å². The van der Waals surface area contributed by atoms with Gasteiger partial charge in [0.2, 0.25) is 0 Å². The first-order valence-corrected chi connectivity index (χ1v) is 5.52. The van der Waals surface area contributed by atoms with E-state index >= 15 is 0 Å². The first-order chi connectivity index (χ1) is 8.28. The summed E-state index contributed by atoms with van der Waals surface area (Å²) in [4.78, 5) is 0. The monoisotopic (exact) mass is 260 g/mol. The van der Waals surface area contributed by atoms with E-state index in [4.69, 9.17) is 0 Å². The van der Waals surface area contributed by atoms with E-state index in [-0.39, 0.29) is 17.4 Å². The maximum Gasteiger partial charge on any atom is 0.586 e. The third-order valence-electron chi connectivity index (χ3n) is 3.10. The molecule has 0 bridgehead atoms. The Balaban J connectivity index is 2.39. The molecule has 2 rings (SSSR count). The summed E-state index contributed by atoms with van der Waals surface area (Å²) in [5, 5.41) is 19.6. The van der Waals surface area contributed by atoms with E-state index in [0.717, 1.165) is 0 Å². The van der Waals surface area contributed by atoms with Crippen LogP contribution >= 0.6 is 0 Å². The number of alkyl halides is 2. The van der Waals surface area contributed by atoms with Gasteiger partial charge in [-0.1, -0.05) is 19.9 Å². The molecule has 1 unspecified atom stereocenters. The van der Waals surface area contributed by atoms with E-state index in [1.807, 2.05) is 0 Å². The topological polar surface area (TPSA) is 58.9 Å². The number of hydrogen-bond donors (Lipinski definition) is 2. The van der Waals surface area contributed by atoms with Crippen LogP contribution in [-0.4, -0.2) is 23.1 Å². The molecular formula is C12H14F2O4. The molecule has 1 atom stereocenters. The minimum Gasteiger partial charge on any atom is -0.395 e. The van der Waals surface area contributed by atoms with Gasteiger partial charge in [-0.05, 0) is 23.6 Å². The molecule has 0 saturated heterocycles. The van der Waals surface area contributed by atoms with E-state index in [1.54, 1.807) is 13.8 Å². The molecule has 0 saturated carbocycles. The second kappa shape index (κ2) is 4.07. The van der Waals surface area contributed by atoms with Crippen molar-refractivity contribution in [1.29, 1.82) is 0 Å². The van der Waals surface area contributed by atoms with Crippen molar-refractivity contribution >= 4 is 0 Å². The van der Waals surface area contributed by atoms with Gasteiger partial charge in [-0.25, -0.2) is 0 Å². The maximum atomic E-state index is 12.8. The average Bonchev–Trinajstić information content (AvgIpc) is 2.60. The molecule has 4 nitrogen and oxygen atoms in total. The van der Waals surface area contributed by atoms with Crippen molar-refractivity contribution in [2.75, 3.05) is 6.61 Å². The molecule has 0 amide bonds. The molecule has 18 heavy (non-hydrogen) atoms. The highest BCUT2D eigenvalue weighted by Gasteiger charge is 2.44. The molecule has 1 aromatic carbocycles. The van der Waals surface area contributed by atoms with Gasteiger partial charge in [0, 0.05) is 0 Å². The summed E-state index contributed by atoms with van der Waals surface area (Å²) in [6.07, 6.45) is -3.68. The molecule has 0 aromatic heterocycles. The smallest absolute Gasteiger partial charge is 0.395 e. The highest BCUT2D eigenvalue weighted by Crippen LogP contribution is 2.43. The van der Waals surface area contributed by atoms with E-state index < -0.39 is 18.5 Å². The summed E-state index contributed by atoms with van der Waals surface area (Å²) in [6, 6.07) is 3.97. The van der Waals surface area contributed by atoms with Gasteiger partial charge in [0.15, 0.2) is 11.5 Å². The number of ether oxygens (including phenoxy) is 2. The Morgan fingerprint density at radius 1 is 1.28 bits per heavy atom. The standard InChI is InChI=1S/C12H14F2O4/c1-7(2)11(16,6-15)8-3-4-9-10(5-8)18-12(13,14)17-9/h3-5,7,15-16H,6H2,1-2H3. The zero-order valence-electron chi connectivity index (χ0n) is 9.98. The van der Waals surface area contributed by atoms with Gasteiger partial charge in [-0.2, -0.15) is 0 Å². The number of aliphatic hydroxyl groups excluding tert-OH is 1. The van der Waals surface area contributed by atoms with Crippen LogP contribution in [0, 0.1) is 5.92 Å². The Bertz CT molecular complexity index is 461. The average molecular weight is 260 g/mol. The van der Waals surface area contributed by atoms with Gasteiger partial charge >= 0.3 is 6.29 Å². The summed E-state index contributed by atoms with van der Waals surface area (Å²) >= 11 is 0. The minimum atomic E-state index is -3.68. The number of hydrogen-bond acceptors (Lipinski definition) is 4. The first kappa shape index (κ1) is 13.0. The van der Waals surface area contributed by atoms with Crippen LogP contribution in [-0.2, 0) is 5.60 Å². The molecule has 0 radical (unpaired) electrons. The van der Waals surface area contributed by atoms with E-state index in [2.05, 4.69) is 9.47 Å². The number of rotatable bonds is 3. The third kappa shape index (κ3) is 2.02. The molecule has 1 aliphatic heterocycles. The van der Waals surface area contributed by atoms with Crippen LogP contribution in [0.15, 0.2) is 18.2 Å². The fourth-order valence-electron chi connectivity index (χ4n) is 1.83. The highest BCUT2D eigenvalue weighted by molar-refractivity contribution is 5.46. The van der Waals surface area contributed by atoms with Crippen LogP contribution in [0.2, 0.25) is 0 Å². The van der Waals surface area contributed by atoms with Gasteiger partial charge in [0.1, 0.15) is 5.60 Å². The van der Waals surface area contributed by atoms with Crippen LogP contribution in [0.25, 0.3) is 0 Å². The second-order valence-electron chi connectivity index (χ2n) is 4.57. The van der Waals surface area contributed by atoms with Crippen molar-refractivity contribution in [3.05, 3.63) is 23.8 Å². The molecule has 1 heterocycles. The first-order valence-electron chi connectivity index (χ1n) is 5.52. The fraction of sp³-hybridized carbons (Fsp3) is 0.500. The minimum absolute atomic E-state index is 0.0900. The normalized spacial score (nSPS) is 19.9. The SMILES string of the molecule is CC(C)C(O)(CO)c1ccc2c(c1)OC(F)(F)O2. The van der Waals surface area contributed by atoms with Crippen molar-refractivity contribution < 1.29 is 28.5 Å². The highest BCUT2D eigenvalue weighted by atomic mass is 19.3. The van der Waals surface area contributed by atoms with Crippen LogP contribution in [0.3, 0.4) is 0 Å². The van der Waals surface area contributed by atoms with Gasteiger partial charge in [0.25, 0.3) is 0 Å². The lowest BCUT2D eigenvalue weighted by Crippen LogP contribution is -2.36. The zero-order valence-corrected chi connectivity index (χ0v) is 9.98. The van der Waals surface area contributed by atoms with Crippen molar-refractivity contribution in [3.8, 4) is 11.5 Å². The second-order valence-corrected chi connectivity index (χ2v) is 4.57. The Kier molecular flexibility index (Phi) is 2.95. The molecule has 2 N–H and O–H groups in total. The van der Waals surface area contributed by atoms with E-state index in [1.165, 1.54) is 18.2 Å². The molecule has 1 aromatic rings. The fourth-order valence-corrected chi connectivity index (χ4v) is 1.83. The van der Waals surface area contributed by atoms with Gasteiger partial charge < -0.3 is 19.7 Å². The molecule has 0 aliphatic carbocycles.